The summed E-state index contributed by atoms with van der Waals surface area (Å²) >= 11 is 0. The molecular formula is C17H17N3O3. The number of anilines is 1. The molecule has 0 spiro atoms. The number of hydrazone groups is 1. The number of nitrogens with zero attached hydrogens (tertiary/aromatic N) is 1. The zero-order chi connectivity index (χ0) is 16.5. The van der Waals surface area contributed by atoms with Gasteiger partial charge < -0.3 is 10.4 Å². The standard InChI is InChI=1S/C17H17N3O3/c21-15-8-4-5-13(11-15)12-18-20-17(23)10-9-16(22)19-14-6-2-1-3-7-14/h1-8,11-12,21H,9-10H2,(H,19,22)(H,20,23)/b18-12+. The highest BCUT2D eigenvalue weighted by atomic mass is 16.3. The number of carbonyl (C=O) groups is 2. The van der Waals surface area contributed by atoms with Crippen LogP contribution >= 0.6 is 0 Å². The summed E-state index contributed by atoms with van der Waals surface area (Å²) in [5, 5.41) is 15.8. The molecule has 0 aromatic heterocycles. The highest BCUT2D eigenvalue weighted by Gasteiger charge is 2.06. The van der Waals surface area contributed by atoms with E-state index in [9.17, 15) is 14.7 Å². The lowest BCUT2D eigenvalue weighted by Gasteiger charge is -2.04. The van der Waals surface area contributed by atoms with Crippen LogP contribution in [0.25, 0.3) is 0 Å². The first kappa shape index (κ1) is 16.2. The number of para-hydroxylation sites is 1. The van der Waals surface area contributed by atoms with Crippen molar-refractivity contribution in [3.63, 3.8) is 0 Å². The average Bonchev–Trinajstić information content (AvgIpc) is 2.54. The summed E-state index contributed by atoms with van der Waals surface area (Å²) in [5.41, 5.74) is 3.69. The van der Waals surface area contributed by atoms with Crippen LogP contribution in [0.4, 0.5) is 5.69 Å². The highest BCUT2D eigenvalue weighted by Crippen LogP contribution is 2.08. The van der Waals surface area contributed by atoms with Gasteiger partial charge in [-0.25, -0.2) is 5.43 Å². The maximum atomic E-state index is 11.7. The second kappa shape index (κ2) is 8.33. The topological polar surface area (TPSA) is 90.8 Å². The van der Waals surface area contributed by atoms with E-state index in [4.69, 9.17) is 0 Å². The molecule has 0 aliphatic heterocycles. The minimum atomic E-state index is -0.357. The molecule has 23 heavy (non-hydrogen) atoms. The number of phenols is 1. The van der Waals surface area contributed by atoms with Crippen LogP contribution in [-0.2, 0) is 9.59 Å². The Bertz CT molecular complexity index is 699. The third-order valence-electron chi connectivity index (χ3n) is 2.91. The van der Waals surface area contributed by atoms with E-state index >= 15 is 0 Å². The van der Waals surface area contributed by atoms with Crippen molar-refractivity contribution < 1.29 is 14.7 Å². The van der Waals surface area contributed by atoms with E-state index in [1.807, 2.05) is 18.2 Å². The Labute approximate surface area is 133 Å². The van der Waals surface area contributed by atoms with Gasteiger partial charge in [0.1, 0.15) is 5.75 Å². The first-order valence-corrected chi connectivity index (χ1v) is 7.09. The van der Waals surface area contributed by atoms with Crippen LogP contribution < -0.4 is 10.7 Å². The van der Waals surface area contributed by atoms with Crippen LogP contribution in [0, 0.1) is 0 Å². The van der Waals surface area contributed by atoms with Crippen molar-refractivity contribution >= 4 is 23.7 Å². The second-order valence-electron chi connectivity index (χ2n) is 4.80. The lowest BCUT2D eigenvalue weighted by molar-refractivity contribution is -0.124. The van der Waals surface area contributed by atoms with Gasteiger partial charge in [0, 0.05) is 18.5 Å². The Morgan fingerprint density at radius 1 is 1.00 bits per heavy atom. The Kier molecular flexibility index (Phi) is 5.88. The van der Waals surface area contributed by atoms with Gasteiger partial charge in [-0.2, -0.15) is 5.10 Å². The zero-order valence-corrected chi connectivity index (χ0v) is 12.4. The van der Waals surface area contributed by atoms with Gasteiger partial charge in [0.15, 0.2) is 0 Å². The summed E-state index contributed by atoms with van der Waals surface area (Å²) in [7, 11) is 0. The van der Waals surface area contributed by atoms with E-state index in [0.29, 0.717) is 11.3 Å². The van der Waals surface area contributed by atoms with Crippen LogP contribution in [0.3, 0.4) is 0 Å². The van der Waals surface area contributed by atoms with Crippen molar-refractivity contribution in [1.29, 1.82) is 0 Å². The van der Waals surface area contributed by atoms with Crippen LogP contribution in [0.5, 0.6) is 5.75 Å². The summed E-state index contributed by atoms with van der Waals surface area (Å²) < 4.78 is 0. The first-order chi connectivity index (χ1) is 11.1. The number of aromatic hydroxyl groups is 1. The van der Waals surface area contributed by atoms with Crippen molar-refractivity contribution in [2.75, 3.05) is 5.32 Å². The van der Waals surface area contributed by atoms with Crippen LogP contribution in [0.2, 0.25) is 0 Å². The lowest BCUT2D eigenvalue weighted by atomic mass is 10.2. The van der Waals surface area contributed by atoms with Gasteiger partial charge in [-0.15, -0.1) is 0 Å². The van der Waals surface area contributed by atoms with E-state index in [1.54, 1.807) is 30.3 Å². The molecule has 0 aliphatic rings. The van der Waals surface area contributed by atoms with Crippen LogP contribution in [0.15, 0.2) is 59.7 Å². The molecule has 0 fully saturated rings. The largest absolute Gasteiger partial charge is 0.508 e. The maximum Gasteiger partial charge on any atom is 0.240 e. The van der Waals surface area contributed by atoms with Gasteiger partial charge in [0.2, 0.25) is 11.8 Å². The molecule has 2 rings (SSSR count). The van der Waals surface area contributed by atoms with Crippen molar-refractivity contribution in [2.45, 2.75) is 12.8 Å². The fraction of sp³-hybridized carbons (Fsp3) is 0.118. The molecule has 0 saturated carbocycles. The summed E-state index contributed by atoms with van der Waals surface area (Å²) in [4.78, 5) is 23.3. The van der Waals surface area contributed by atoms with Gasteiger partial charge in [0.05, 0.1) is 6.21 Å². The number of carbonyl (C=O) groups excluding carboxylic acids is 2. The van der Waals surface area contributed by atoms with E-state index in [2.05, 4.69) is 15.8 Å². The Hall–Kier alpha value is -3.15. The summed E-state index contributed by atoms with van der Waals surface area (Å²) in [6, 6.07) is 15.5. The van der Waals surface area contributed by atoms with E-state index < -0.39 is 0 Å². The summed E-state index contributed by atoms with van der Waals surface area (Å²) in [5.74, 6) is -0.467. The van der Waals surface area contributed by atoms with Crippen molar-refractivity contribution in [3.8, 4) is 5.75 Å². The molecule has 2 aromatic rings. The molecule has 6 nitrogen and oxygen atoms in total. The van der Waals surface area contributed by atoms with Crippen LogP contribution in [0.1, 0.15) is 18.4 Å². The summed E-state index contributed by atoms with van der Waals surface area (Å²) in [6.07, 6.45) is 1.53. The van der Waals surface area contributed by atoms with Crippen molar-refractivity contribution in [1.82, 2.24) is 5.43 Å². The normalized spacial score (nSPS) is 10.4. The Balaban J connectivity index is 1.71. The fourth-order valence-corrected chi connectivity index (χ4v) is 1.81. The maximum absolute atomic E-state index is 11.7. The monoisotopic (exact) mass is 311 g/mol. The molecule has 6 heteroatoms. The van der Waals surface area contributed by atoms with Crippen molar-refractivity contribution in [2.24, 2.45) is 5.10 Å². The van der Waals surface area contributed by atoms with Crippen LogP contribution in [-0.4, -0.2) is 23.1 Å². The van der Waals surface area contributed by atoms with Gasteiger partial charge in [-0.1, -0.05) is 30.3 Å². The number of phenolic OH excluding ortho intramolecular Hbond substituents is 1. The fourth-order valence-electron chi connectivity index (χ4n) is 1.81. The molecular weight excluding hydrogens is 294 g/mol. The number of benzene rings is 2. The molecule has 3 N–H and O–H groups in total. The molecule has 0 unspecified atom stereocenters. The highest BCUT2D eigenvalue weighted by molar-refractivity contribution is 5.93. The predicted octanol–water partition coefficient (Wildman–Crippen LogP) is 2.26. The summed E-state index contributed by atoms with van der Waals surface area (Å²) in [6.45, 7) is 0. The minimum absolute atomic E-state index is 0.0377. The third-order valence-corrected chi connectivity index (χ3v) is 2.91. The molecule has 2 amide bonds. The zero-order valence-electron chi connectivity index (χ0n) is 12.4. The van der Waals surface area contributed by atoms with E-state index in [0.717, 1.165) is 0 Å². The van der Waals surface area contributed by atoms with Gasteiger partial charge >= 0.3 is 0 Å². The molecule has 2 aromatic carbocycles. The predicted molar refractivity (Wildman–Crippen MR) is 88.1 cm³/mol. The number of hydrogen-bond acceptors (Lipinski definition) is 4. The lowest BCUT2D eigenvalue weighted by Crippen LogP contribution is -2.20. The number of hydrogen-bond donors (Lipinski definition) is 3. The van der Waals surface area contributed by atoms with Crippen molar-refractivity contribution in [3.05, 3.63) is 60.2 Å². The second-order valence-corrected chi connectivity index (χ2v) is 4.80. The number of amides is 2. The van der Waals surface area contributed by atoms with Gasteiger partial charge in [-0.05, 0) is 29.8 Å². The average molecular weight is 311 g/mol. The number of nitrogens with one attached hydrogen (secondary N) is 2. The Morgan fingerprint density at radius 3 is 2.48 bits per heavy atom. The quantitative estimate of drug-likeness (QED) is 0.564. The molecule has 0 saturated heterocycles. The molecule has 0 radical (unpaired) electrons. The third kappa shape index (κ3) is 6.01. The van der Waals surface area contributed by atoms with Gasteiger partial charge in [-0.3, -0.25) is 9.59 Å². The first-order valence-electron chi connectivity index (χ1n) is 7.09. The molecule has 0 heterocycles. The van der Waals surface area contributed by atoms with E-state index in [-0.39, 0.29) is 30.4 Å². The van der Waals surface area contributed by atoms with Gasteiger partial charge in [0.25, 0.3) is 0 Å². The molecule has 118 valence electrons. The smallest absolute Gasteiger partial charge is 0.240 e. The van der Waals surface area contributed by atoms with E-state index in [1.165, 1.54) is 12.3 Å². The Morgan fingerprint density at radius 2 is 1.74 bits per heavy atom. The molecule has 0 aliphatic carbocycles. The molecule has 0 atom stereocenters. The number of rotatable bonds is 6. The SMILES string of the molecule is O=C(CCC(=O)Nc1ccccc1)N/N=C/c1cccc(O)c1. The molecule has 0 bridgehead atoms. The minimum Gasteiger partial charge on any atom is -0.508 e.